The molecule has 0 radical (unpaired) electrons. The first kappa shape index (κ1) is 43.1. The molecule has 5 unspecified atom stereocenters. The molecule has 0 bridgehead atoms. The maximum absolute atomic E-state index is 14.2. The molecule has 3 aliphatic rings. The van der Waals surface area contributed by atoms with Gasteiger partial charge in [0.15, 0.2) is 0 Å². The number of nitrogens with one attached hydrogen (secondary N) is 2. The molecule has 0 spiro atoms. The number of sulfonamides is 2. The number of hydrogen-bond donors (Lipinski definition) is 3. The molecule has 0 heterocycles. The Morgan fingerprint density at radius 1 is 0.760 bits per heavy atom. The number of aliphatic hydroxyl groups excluding tert-OH is 1. The molecule has 292 valence electrons. The number of carbonyl (C=O) groups is 2. The quantitative estimate of drug-likeness (QED) is 0.155. The van der Waals surface area contributed by atoms with E-state index in [1.807, 2.05) is 20.8 Å². The molecule has 3 rings (SSSR count). The van der Waals surface area contributed by atoms with Gasteiger partial charge in [0.2, 0.25) is 31.9 Å². The van der Waals surface area contributed by atoms with E-state index in [-0.39, 0.29) is 37.6 Å². The zero-order chi connectivity index (χ0) is 36.9. The van der Waals surface area contributed by atoms with Crippen molar-refractivity contribution in [3.63, 3.8) is 0 Å². The molecule has 5 atom stereocenters. The molecule has 12 nitrogen and oxygen atoms in total. The van der Waals surface area contributed by atoms with Gasteiger partial charge in [-0.3, -0.25) is 9.59 Å². The van der Waals surface area contributed by atoms with Gasteiger partial charge in [0.1, 0.15) is 0 Å². The molecule has 3 N–H and O–H groups in total. The van der Waals surface area contributed by atoms with Gasteiger partial charge in [-0.25, -0.2) is 26.1 Å². The molecule has 0 aromatic rings. The highest BCUT2D eigenvalue weighted by atomic mass is 32.2. The molecule has 0 aromatic heterocycles. The van der Waals surface area contributed by atoms with Gasteiger partial charge in [0.25, 0.3) is 0 Å². The number of rotatable bonds is 20. The summed E-state index contributed by atoms with van der Waals surface area (Å²) in [5.74, 6) is -1.45. The summed E-state index contributed by atoms with van der Waals surface area (Å²) < 4.78 is 54.9. The predicted octanol–water partition coefficient (Wildman–Crippen LogP) is 4.40. The van der Waals surface area contributed by atoms with E-state index in [2.05, 4.69) is 10.1 Å². The Labute approximate surface area is 303 Å². The second-order valence-electron chi connectivity index (χ2n) is 15.5. The van der Waals surface area contributed by atoms with Crippen LogP contribution in [0.15, 0.2) is 0 Å². The van der Waals surface area contributed by atoms with Crippen molar-refractivity contribution in [3.05, 3.63) is 0 Å². The van der Waals surface area contributed by atoms with Crippen molar-refractivity contribution in [3.8, 4) is 0 Å². The molecule has 3 fully saturated rings. The molecule has 0 saturated heterocycles. The van der Waals surface area contributed by atoms with E-state index in [1.54, 1.807) is 9.91 Å². The van der Waals surface area contributed by atoms with Crippen LogP contribution in [0.5, 0.6) is 0 Å². The summed E-state index contributed by atoms with van der Waals surface area (Å²) in [4.78, 5) is 32.6. The van der Waals surface area contributed by atoms with Gasteiger partial charge in [-0.1, -0.05) is 78.6 Å². The summed E-state index contributed by atoms with van der Waals surface area (Å²) >= 11 is 0. The highest BCUT2D eigenvalue weighted by molar-refractivity contribution is 7.90. The number of aliphatic hydroxyl groups is 1. The van der Waals surface area contributed by atoms with Crippen molar-refractivity contribution < 1.29 is 31.5 Å². The zero-order valence-corrected chi connectivity index (χ0v) is 33.3. The van der Waals surface area contributed by atoms with Crippen molar-refractivity contribution in [2.75, 3.05) is 40.3 Å². The molecule has 0 aliphatic heterocycles. The normalized spacial score (nSPS) is 24.3. The Bertz CT molecular complexity index is 1250. The maximum atomic E-state index is 14.2. The van der Waals surface area contributed by atoms with Crippen molar-refractivity contribution >= 4 is 31.9 Å². The lowest BCUT2D eigenvalue weighted by Crippen LogP contribution is -2.56. The molecule has 2 amide bonds. The Hall–Kier alpha value is -1.32. The van der Waals surface area contributed by atoms with E-state index in [4.69, 9.17) is 0 Å². The summed E-state index contributed by atoms with van der Waals surface area (Å²) in [6, 6.07) is -0.648. The monoisotopic (exact) mass is 747 g/mol. The lowest BCUT2D eigenvalue weighted by atomic mass is 9.79. The summed E-state index contributed by atoms with van der Waals surface area (Å²) in [6.07, 6.45) is 12.6. The number of unbranched alkanes of at least 4 members (excludes halogenated alkanes) is 1. The van der Waals surface area contributed by atoms with Crippen molar-refractivity contribution in [2.45, 2.75) is 159 Å². The van der Waals surface area contributed by atoms with Gasteiger partial charge in [-0.2, -0.15) is 0 Å². The third-order valence-corrected chi connectivity index (χ3v) is 15.3. The van der Waals surface area contributed by atoms with E-state index in [9.17, 15) is 31.5 Å². The van der Waals surface area contributed by atoms with Gasteiger partial charge < -0.3 is 15.3 Å². The van der Waals surface area contributed by atoms with Gasteiger partial charge in [0.05, 0.1) is 22.6 Å². The van der Waals surface area contributed by atoms with Crippen molar-refractivity contribution in [1.29, 1.82) is 0 Å². The van der Waals surface area contributed by atoms with Crippen LogP contribution in [0.4, 0.5) is 0 Å². The molecule has 3 saturated carbocycles. The topological polar surface area (TPSA) is 156 Å². The minimum Gasteiger partial charge on any atom is -0.390 e. The van der Waals surface area contributed by atoms with Crippen LogP contribution >= 0.6 is 0 Å². The Morgan fingerprint density at radius 3 is 1.90 bits per heavy atom. The fourth-order valence-electron chi connectivity index (χ4n) is 8.25. The van der Waals surface area contributed by atoms with Crippen LogP contribution < -0.4 is 10.1 Å². The fourth-order valence-corrected chi connectivity index (χ4v) is 11.4. The highest BCUT2D eigenvalue weighted by Gasteiger charge is 2.44. The van der Waals surface area contributed by atoms with Crippen LogP contribution in [-0.4, -0.2) is 111 Å². The first-order valence-electron chi connectivity index (χ1n) is 19.7. The average molecular weight is 748 g/mol. The molecule has 14 heteroatoms. The highest BCUT2D eigenvalue weighted by Crippen LogP contribution is 2.36. The zero-order valence-electron chi connectivity index (χ0n) is 31.7. The van der Waals surface area contributed by atoms with Gasteiger partial charge >= 0.3 is 0 Å². The van der Waals surface area contributed by atoms with Crippen LogP contribution in [0.1, 0.15) is 136 Å². The van der Waals surface area contributed by atoms with Crippen LogP contribution in [0, 0.1) is 17.8 Å². The molecule has 0 aromatic carbocycles. The summed E-state index contributed by atoms with van der Waals surface area (Å²) in [5.41, 5.74) is 0. The second kappa shape index (κ2) is 20.8. The van der Waals surface area contributed by atoms with E-state index in [0.29, 0.717) is 44.8 Å². The Kier molecular flexibility index (Phi) is 17.9. The van der Waals surface area contributed by atoms with Crippen LogP contribution in [0.3, 0.4) is 0 Å². The predicted molar refractivity (Wildman–Crippen MR) is 199 cm³/mol. The van der Waals surface area contributed by atoms with E-state index >= 15 is 0 Å². The number of hydrazine groups is 1. The van der Waals surface area contributed by atoms with E-state index in [0.717, 1.165) is 77.0 Å². The van der Waals surface area contributed by atoms with E-state index < -0.39 is 54.5 Å². The second-order valence-corrected chi connectivity index (χ2v) is 19.9. The molecular formula is C36H69N5O7S2. The van der Waals surface area contributed by atoms with Crippen LogP contribution in [0.2, 0.25) is 0 Å². The van der Waals surface area contributed by atoms with Crippen LogP contribution in [-0.2, 0) is 29.6 Å². The number of nitrogens with zero attached hydrogens (tertiary/aromatic N) is 3. The van der Waals surface area contributed by atoms with Gasteiger partial charge in [-0.05, 0) is 63.7 Å². The van der Waals surface area contributed by atoms with Crippen molar-refractivity contribution in [2.24, 2.45) is 17.8 Å². The first-order chi connectivity index (χ1) is 23.7. The minimum atomic E-state index is -3.74. The summed E-state index contributed by atoms with van der Waals surface area (Å²) in [6.45, 7) is 7.68. The lowest BCUT2D eigenvalue weighted by molar-refractivity contribution is -0.138. The summed E-state index contributed by atoms with van der Waals surface area (Å²) in [5, 5.41) is 15.2. The number of hydrogen-bond acceptors (Lipinski definition) is 8. The summed E-state index contributed by atoms with van der Waals surface area (Å²) in [7, 11) is -4.40. The first-order valence-corrected chi connectivity index (χ1v) is 22.7. The number of amides is 2. The minimum absolute atomic E-state index is 0.0238. The smallest absolute Gasteiger partial charge is 0.227 e. The van der Waals surface area contributed by atoms with Crippen LogP contribution in [0.25, 0.3) is 0 Å². The Balaban J connectivity index is 1.85. The molecule has 50 heavy (non-hydrogen) atoms. The Morgan fingerprint density at radius 2 is 1.34 bits per heavy atom. The molecule has 3 aliphatic carbocycles. The average Bonchev–Trinajstić information content (AvgIpc) is 3.10. The molecular weight excluding hydrogens is 679 g/mol. The third-order valence-electron chi connectivity index (χ3n) is 11.2. The lowest BCUT2D eigenvalue weighted by Gasteiger charge is -2.38. The standard InChI is InChI=1S/C36H69N5O7S2/c1-6-9-22-41(38-49(45,46)31-18-14-11-15-19-31)27-34(42)33(23-28-16-12-10-13-17-28)37-35(43)29-24-30(36(44)40(20-7-2)21-8-3)26-32(25-29)50(47,48)39(4)5/h28-34,38,42H,6-27H2,1-5H3,(H,37,43). The maximum Gasteiger partial charge on any atom is 0.227 e. The van der Waals surface area contributed by atoms with E-state index in [1.165, 1.54) is 18.4 Å². The van der Waals surface area contributed by atoms with Crippen molar-refractivity contribution in [1.82, 2.24) is 24.4 Å². The van der Waals surface area contributed by atoms with Gasteiger partial charge in [0, 0.05) is 52.1 Å². The SMILES string of the molecule is CCCCN(CC(O)C(CC1CCCCC1)NC(=O)C1CC(C(=O)N(CCC)CCC)CC(S(=O)(=O)N(C)C)C1)NS(=O)(=O)C1CCCCC1. The third kappa shape index (κ3) is 12.7. The largest absolute Gasteiger partial charge is 0.390 e. The number of carbonyl (C=O) groups excluding carboxylic acids is 2. The van der Waals surface area contributed by atoms with Gasteiger partial charge in [-0.15, -0.1) is 4.83 Å². The fraction of sp³-hybridized carbons (Fsp3) is 0.944.